The van der Waals surface area contributed by atoms with Crippen molar-refractivity contribution in [1.82, 2.24) is 0 Å². The van der Waals surface area contributed by atoms with Gasteiger partial charge in [0.2, 0.25) is 0 Å². The predicted molar refractivity (Wildman–Crippen MR) is 148 cm³/mol. The fourth-order valence-corrected chi connectivity index (χ4v) is 4.44. The van der Waals surface area contributed by atoms with Gasteiger partial charge < -0.3 is 27.9 Å². The molecule has 0 saturated heterocycles. The lowest BCUT2D eigenvalue weighted by molar-refractivity contribution is -0.870. The summed E-state index contributed by atoms with van der Waals surface area (Å²) in [5.41, 5.74) is 0. The van der Waals surface area contributed by atoms with Crippen molar-refractivity contribution in [2.45, 2.75) is 123 Å². The van der Waals surface area contributed by atoms with E-state index in [-0.39, 0.29) is 26.1 Å². The first-order chi connectivity index (χ1) is 18.0. The number of ether oxygens (including phenoxy) is 2. The Kier molecular flexibility index (Phi) is 22.2. The molecule has 0 heterocycles. The van der Waals surface area contributed by atoms with Gasteiger partial charge in [0.15, 0.2) is 6.10 Å². The molecular formula is C28H56NO8P. The lowest BCUT2D eigenvalue weighted by Crippen LogP contribution is -2.37. The summed E-state index contributed by atoms with van der Waals surface area (Å²) in [6, 6.07) is 0. The van der Waals surface area contributed by atoms with Crippen molar-refractivity contribution in [2.24, 2.45) is 0 Å². The second-order valence-electron chi connectivity index (χ2n) is 11.1. The highest BCUT2D eigenvalue weighted by Crippen LogP contribution is 2.38. The molecule has 0 amide bonds. The van der Waals surface area contributed by atoms with E-state index in [4.69, 9.17) is 18.5 Å². The van der Waals surface area contributed by atoms with Gasteiger partial charge >= 0.3 is 11.9 Å². The lowest BCUT2D eigenvalue weighted by atomic mass is 10.1. The molecule has 10 heteroatoms. The molecule has 0 N–H and O–H groups in total. The Morgan fingerprint density at radius 3 is 1.71 bits per heavy atom. The zero-order valence-electron chi connectivity index (χ0n) is 24.9. The minimum atomic E-state index is -4.59. The van der Waals surface area contributed by atoms with Gasteiger partial charge in [-0.2, -0.15) is 0 Å². The molecule has 0 bridgehead atoms. The fourth-order valence-electron chi connectivity index (χ4n) is 3.71. The molecule has 0 aromatic carbocycles. The molecule has 0 aliphatic heterocycles. The number of hydrogen-bond donors (Lipinski definition) is 0. The van der Waals surface area contributed by atoms with Gasteiger partial charge in [0.25, 0.3) is 7.82 Å². The Balaban J connectivity index is 4.50. The van der Waals surface area contributed by atoms with E-state index in [0.29, 0.717) is 17.4 Å². The molecule has 0 radical (unpaired) electrons. The second-order valence-corrected chi connectivity index (χ2v) is 12.5. The van der Waals surface area contributed by atoms with Gasteiger partial charge in [0, 0.05) is 12.8 Å². The molecule has 0 aromatic heterocycles. The molecule has 0 aliphatic rings. The average Bonchev–Trinajstić information content (AvgIpc) is 2.83. The molecule has 0 saturated carbocycles. The SMILES string of the molecule is CCCCCCCCCCCCC(=O)OC(COC(=O)CCCCCC)COP(=O)([O-])OCC[N+](C)(C)C. The standard InChI is InChI=1S/C28H56NO8P/c1-6-8-10-12-13-14-15-16-17-19-21-28(31)37-26(24-34-27(30)20-18-11-9-7-2)25-36-38(32,33)35-23-22-29(3,4)5/h26H,6-25H2,1-5H3. The lowest BCUT2D eigenvalue weighted by Gasteiger charge is -2.28. The van der Waals surface area contributed by atoms with E-state index in [2.05, 4.69) is 13.8 Å². The summed E-state index contributed by atoms with van der Waals surface area (Å²) in [6.45, 7) is 4.04. The number of hydrogen-bond acceptors (Lipinski definition) is 8. The van der Waals surface area contributed by atoms with Crippen molar-refractivity contribution in [1.29, 1.82) is 0 Å². The predicted octanol–water partition coefficient (Wildman–Crippen LogP) is 5.93. The van der Waals surface area contributed by atoms with E-state index in [0.717, 1.165) is 38.5 Å². The number of phosphoric ester groups is 1. The van der Waals surface area contributed by atoms with E-state index >= 15 is 0 Å². The average molecular weight is 566 g/mol. The molecular weight excluding hydrogens is 509 g/mol. The smallest absolute Gasteiger partial charge is 0.306 e. The van der Waals surface area contributed by atoms with Gasteiger partial charge in [-0.3, -0.25) is 14.2 Å². The molecule has 0 spiro atoms. The van der Waals surface area contributed by atoms with Crippen LogP contribution < -0.4 is 4.89 Å². The summed E-state index contributed by atoms with van der Waals surface area (Å²) < 4.78 is 33.2. The van der Waals surface area contributed by atoms with Crippen molar-refractivity contribution in [3.8, 4) is 0 Å². The van der Waals surface area contributed by atoms with Crippen molar-refractivity contribution >= 4 is 19.8 Å². The minimum absolute atomic E-state index is 0.0276. The first kappa shape index (κ1) is 37.0. The topological polar surface area (TPSA) is 111 Å². The maximum Gasteiger partial charge on any atom is 0.306 e. The van der Waals surface area contributed by atoms with Crippen LogP contribution in [0.2, 0.25) is 0 Å². The molecule has 0 fully saturated rings. The zero-order valence-corrected chi connectivity index (χ0v) is 25.8. The van der Waals surface area contributed by atoms with Gasteiger partial charge in [-0.1, -0.05) is 90.9 Å². The first-order valence-corrected chi connectivity index (χ1v) is 16.2. The number of unbranched alkanes of at least 4 members (excludes halogenated alkanes) is 12. The molecule has 38 heavy (non-hydrogen) atoms. The maximum atomic E-state index is 12.4. The summed E-state index contributed by atoms with van der Waals surface area (Å²) in [7, 11) is 1.17. The Hall–Kier alpha value is -0.990. The molecule has 9 nitrogen and oxygen atoms in total. The Bertz CT molecular complexity index is 653. The molecule has 0 aliphatic carbocycles. The monoisotopic (exact) mass is 565 g/mol. The Morgan fingerprint density at radius 2 is 1.18 bits per heavy atom. The van der Waals surface area contributed by atoms with Crippen LogP contribution in [-0.2, 0) is 32.7 Å². The van der Waals surface area contributed by atoms with Crippen LogP contribution in [-0.4, -0.2) is 70.0 Å². The Morgan fingerprint density at radius 1 is 0.711 bits per heavy atom. The number of likely N-dealkylation sites (N-methyl/N-ethyl adjacent to an activating group) is 1. The zero-order chi connectivity index (χ0) is 28.7. The molecule has 0 rings (SSSR count). The van der Waals surface area contributed by atoms with Crippen LogP contribution in [0.15, 0.2) is 0 Å². The van der Waals surface area contributed by atoms with Gasteiger partial charge in [-0.15, -0.1) is 0 Å². The molecule has 2 atom stereocenters. The summed E-state index contributed by atoms with van der Waals surface area (Å²) >= 11 is 0. The van der Waals surface area contributed by atoms with Gasteiger partial charge in [0.05, 0.1) is 27.7 Å². The van der Waals surface area contributed by atoms with Gasteiger partial charge in [-0.25, -0.2) is 0 Å². The summed E-state index contributed by atoms with van der Waals surface area (Å²) in [5.74, 6) is -0.856. The van der Waals surface area contributed by atoms with Crippen molar-refractivity contribution in [2.75, 3.05) is 47.5 Å². The third-order valence-electron chi connectivity index (χ3n) is 6.13. The normalized spacial score (nSPS) is 14.2. The first-order valence-electron chi connectivity index (χ1n) is 14.7. The minimum Gasteiger partial charge on any atom is -0.756 e. The molecule has 226 valence electrons. The van der Waals surface area contributed by atoms with Crippen LogP contribution in [0.5, 0.6) is 0 Å². The third-order valence-corrected chi connectivity index (χ3v) is 7.09. The summed E-state index contributed by atoms with van der Waals surface area (Å²) in [5, 5.41) is 0. The highest BCUT2D eigenvalue weighted by Gasteiger charge is 2.21. The van der Waals surface area contributed by atoms with Crippen LogP contribution in [0.4, 0.5) is 0 Å². The second kappa shape index (κ2) is 22.8. The van der Waals surface area contributed by atoms with Crippen molar-refractivity contribution < 1.29 is 42.1 Å². The van der Waals surface area contributed by atoms with E-state index in [1.165, 1.54) is 44.9 Å². The van der Waals surface area contributed by atoms with E-state index in [1.54, 1.807) is 0 Å². The summed E-state index contributed by atoms with van der Waals surface area (Å²) in [4.78, 5) is 36.6. The number of quaternary nitrogens is 1. The van der Waals surface area contributed by atoms with Crippen LogP contribution in [0, 0.1) is 0 Å². The highest BCUT2D eigenvalue weighted by molar-refractivity contribution is 7.45. The quantitative estimate of drug-likeness (QED) is 0.0549. The van der Waals surface area contributed by atoms with Crippen LogP contribution in [0.1, 0.15) is 117 Å². The third kappa shape index (κ3) is 25.3. The van der Waals surface area contributed by atoms with Gasteiger partial charge in [-0.05, 0) is 12.8 Å². The highest BCUT2D eigenvalue weighted by atomic mass is 31.2. The van der Waals surface area contributed by atoms with Crippen molar-refractivity contribution in [3.05, 3.63) is 0 Å². The van der Waals surface area contributed by atoms with E-state index in [1.807, 2.05) is 21.1 Å². The summed E-state index contributed by atoms with van der Waals surface area (Å²) in [6.07, 6.45) is 14.8. The fraction of sp³-hybridized carbons (Fsp3) is 0.929. The number of carbonyl (C=O) groups is 2. The van der Waals surface area contributed by atoms with E-state index in [9.17, 15) is 19.0 Å². The largest absolute Gasteiger partial charge is 0.756 e. The molecule has 0 aromatic rings. The number of nitrogens with zero attached hydrogens (tertiary/aromatic N) is 1. The molecule has 2 unspecified atom stereocenters. The number of carbonyl (C=O) groups excluding carboxylic acids is 2. The Labute approximate surface area is 232 Å². The van der Waals surface area contributed by atoms with Crippen LogP contribution >= 0.6 is 7.82 Å². The number of phosphoric acid groups is 1. The maximum absolute atomic E-state index is 12.4. The number of esters is 2. The van der Waals surface area contributed by atoms with Crippen LogP contribution in [0.25, 0.3) is 0 Å². The van der Waals surface area contributed by atoms with E-state index < -0.39 is 32.5 Å². The van der Waals surface area contributed by atoms with Crippen molar-refractivity contribution in [3.63, 3.8) is 0 Å². The van der Waals surface area contributed by atoms with Crippen LogP contribution in [0.3, 0.4) is 0 Å². The van der Waals surface area contributed by atoms with Gasteiger partial charge in [0.1, 0.15) is 19.8 Å². The number of rotatable bonds is 26.